The summed E-state index contributed by atoms with van der Waals surface area (Å²) in [5, 5.41) is 0. The molecule has 234 valence electrons. The van der Waals surface area contributed by atoms with Gasteiger partial charge in [-0.15, -0.1) is 0 Å². The van der Waals surface area contributed by atoms with Crippen LogP contribution in [-0.2, 0) is 35.9 Å². The van der Waals surface area contributed by atoms with Crippen molar-refractivity contribution < 1.29 is 28.5 Å². The number of ether oxygens (including phenoxy) is 4. The van der Waals surface area contributed by atoms with Crippen LogP contribution in [0.1, 0.15) is 39.5 Å². The Labute approximate surface area is 269 Å². The van der Waals surface area contributed by atoms with E-state index in [1.54, 1.807) is 31.2 Å². The molecule has 1 amide bonds. The van der Waals surface area contributed by atoms with Crippen LogP contribution in [0.15, 0.2) is 133 Å². The van der Waals surface area contributed by atoms with E-state index >= 15 is 0 Å². The number of benzene rings is 5. The van der Waals surface area contributed by atoms with Gasteiger partial charge in [0.05, 0.1) is 6.61 Å². The molecule has 0 fully saturated rings. The molecule has 0 aliphatic rings. The highest BCUT2D eigenvalue weighted by atomic mass is 16.5. The summed E-state index contributed by atoms with van der Waals surface area (Å²) in [6, 6.07) is 42.1. The van der Waals surface area contributed by atoms with E-state index in [0.717, 1.165) is 28.0 Å². The molecule has 0 heterocycles. The first-order chi connectivity index (χ1) is 22.6. The molecular weight excluding hydrogens is 578 g/mol. The summed E-state index contributed by atoms with van der Waals surface area (Å²) >= 11 is 0. The molecule has 5 rings (SSSR count). The zero-order chi connectivity index (χ0) is 32.0. The van der Waals surface area contributed by atoms with Gasteiger partial charge in [0.15, 0.2) is 0 Å². The third kappa shape index (κ3) is 9.72. The molecule has 0 atom stereocenters. The van der Waals surface area contributed by atoms with Gasteiger partial charge in [-0.1, -0.05) is 91.0 Å². The van der Waals surface area contributed by atoms with Crippen LogP contribution < -0.4 is 14.2 Å². The fraction of sp³-hybridized carbons (Fsp3) is 0.179. The van der Waals surface area contributed by atoms with Crippen molar-refractivity contribution in [2.45, 2.75) is 33.3 Å². The van der Waals surface area contributed by atoms with Gasteiger partial charge in [0.25, 0.3) is 5.91 Å². The van der Waals surface area contributed by atoms with Gasteiger partial charge in [-0.3, -0.25) is 9.59 Å². The monoisotopic (exact) mass is 615 g/mol. The smallest absolute Gasteiger partial charge is 0.325 e. The summed E-state index contributed by atoms with van der Waals surface area (Å²) in [4.78, 5) is 27.6. The molecule has 0 bridgehead atoms. The molecule has 0 unspecified atom stereocenters. The summed E-state index contributed by atoms with van der Waals surface area (Å²) in [7, 11) is 0. The Morgan fingerprint density at radius 2 is 1.09 bits per heavy atom. The summed E-state index contributed by atoms with van der Waals surface area (Å²) in [6.45, 7) is 3.24. The summed E-state index contributed by atoms with van der Waals surface area (Å²) in [5.74, 6) is 1.23. The zero-order valence-corrected chi connectivity index (χ0v) is 25.8. The number of rotatable bonds is 15. The Kier molecular flexibility index (Phi) is 11.4. The van der Waals surface area contributed by atoms with Crippen LogP contribution in [0.2, 0.25) is 0 Å². The second-order valence-electron chi connectivity index (χ2n) is 10.6. The van der Waals surface area contributed by atoms with E-state index < -0.39 is 5.97 Å². The SMILES string of the molecule is CCOC(=O)CN(Cc1ccc(OCc2ccccc2)cc1)C(=O)c1cccc(OCc2cccc(OCc3ccccc3)c2)c1. The van der Waals surface area contributed by atoms with Crippen molar-refractivity contribution in [2.75, 3.05) is 13.2 Å². The van der Waals surface area contributed by atoms with Crippen LogP contribution in [0.4, 0.5) is 0 Å². The van der Waals surface area contributed by atoms with Crippen LogP contribution in [0.25, 0.3) is 0 Å². The number of hydrogen-bond donors (Lipinski definition) is 0. The topological polar surface area (TPSA) is 74.3 Å². The first kappa shape index (κ1) is 31.9. The molecule has 5 aromatic rings. The van der Waals surface area contributed by atoms with Gasteiger partial charge in [-0.25, -0.2) is 0 Å². The predicted molar refractivity (Wildman–Crippen MR) is 177 cm³/mol. The van der Waals surface area contributed by atoms with Gasteiger partial charge in [-0.05, 0) is 71.6 Å². The van der Waals surface area contributed by atoms with Gasteiger partial charge in [0.1, 0.15) is 43.6 Å². The lowest BCUT2D eigenvalue weighted by molar-refractivity contribution is -0.143. The lowest BCUT2D eigenvalue weighted by atomic mass is 10.1. The first-order valence-corrected chi connectivity index (χ1v) is 15.2. The predicted octanol–water partition coefficient (Wildman–Crippen LogP) is 7.63. The number of hydrogen-bond acceptors (Lipinski definition) is 6. The Bertz CT molecular complexity index is 1690. The van der Waals surface area contributed by atoms with Crippen molar-refractivity contribution in [3.8, 4) is 17.2 Å². The average Bonchev–Trinajstić information content (AvgIpc) is 3.10. The van der Waals surface area contributed by atoms with Crippen molar-refractivity contribution >= 4 is 11.9 Å². The Morgan fingerprint density at radius 1 is 0.543 bits per heavy atom. The summed E-state index contributed by atoms with van der Waals surface area (Å²) in [6.07, 6.45) is 0. The van der Waals surface area contributed by atoms with Gasteiger partial charge >= 0.3 is 5.97 Å². The Hall–Kier alpha value is -5.56. The van der Waals surface area contributed by atoms with E-state index in [1.807, 2.05) is 109 Å². The molecule has 0 aliphatic heterocycles. The quantitative estimate of drug-likeness (QED) is 0.113. The van der Waals surface area contributed by atoms with E-state index in [-0.39, 0.29) is 25.6 Å². The van der Waals surface area contributed by atoms with Crippen molar-refractivity contribution in [3.05, 3.63) is 161 Å². The number of amides is 1. The molecule has 0 spiro atoms. The lowest BCUT2D eigenvalue weighted by Crippen LogP contribution is -2.36. The molecule has 0 radical (unpaired) electrons. The number of carbonyl (C=O) groups is 2. The van der Waals surface area contributed by atoms with Crippen molar-refractivity contribution in [1.29, 1.82) is 0 Å². The second kappa shape index (κ2) is 16.5. The molecule has 7 nitrogen and oxygen atoms in total. The third-order valence-electron chi connectivity index (χ3n) is 7.09. The van der Waals surface area contributed by atoms with Crippen LogP contribution in [-0.4, -0.2) is 29.9 Å². The molecule has 46 heavy (non-hydrogen) atoms. The third-order valence-corrected chi connectivity index (χ3v) is 7.09. The Morgan fingerprint density at radius 3 is 1.72 bits per heavy atom. The summed E-state index contributed by atoms with van der Waals surface area (Å²) in [5.41, 5.74) is 4.36. The van der Waals surface area contributed by atoms with E-state index in [4.69, 9.17) is 18.9 Å². The minimum absolute atomic E-state index is 0.181. The minimum atomic E-state index is -0.472. The molecule has 5 aromatic carbocycles. The Balaban J connectivity index is 1.21. The number of nitrogens with zero attached hydrogens (tertiary/aromatic N) is 1. The molecule has 0 saturated carbocycles. The van der Waals surface area contributed by atoms with Crippen molar-refractivity contribution in [3.63, 3.8) is 0 Å². The highest BCUT2D eigenvalue weighted by Gasteiger charge is 2.21. The van der Waals surface area contributed by atoms with Gasteiger partial charge < -0.3 is 23.8 Å². The maximum Gasteiger partial charge on any atom is 0.325 e. The zero-order valence-electron chi connectivity index (χ0n) is 25.8. The maximum atomic E-state index is 13.7. The van der Waals surface area contributed by atoms with Gasteiger partial charge in [0.2, 0.25) is 0 Å². The van der Waals surface area contributed by atoms with E-state index in [1.165, 1.54) is 4.90 Å². The molecule has 0 saturated heterocycles. The van der Waals surface area contributed by atoms with Crippen LogP contribution in [0.3, 0.4) is 0 Å². The standard InChI is InChI=1S/C39H37NO6/c1-2-43-38(41)26-40(25-30-19-21-35(22-20-30)44-27-31-11-5-3-6-12-31)39(42)34-16-10-18-37(24-34)46-29-33-15-9-17-36(23-33)45-28-32-13-7-4-8-14-32/h3-24H,2,25-29H2,1H3. The van der Waals surface area contributed by atoms with E-state index in [2.05, 4.69) is 0 Å². The van der Waals surface area contributed by atoms with Crippen LogP contribution >= 0.6 is 0 Å². The van der Waals surface area contributed by atoms with Crippen molar-refractivity contribution in [1.82, 2.24) is 4.90 Å². The molecule has 0 N–H and O–H groups in total. The second-order valence-corrected chi connectivity index (χ2v) is 10.6. The fourth-order valence-electron chi connectivity index (χ4n) is 4.75. The van der Waals surface area contributed by atoms with E-state index in [9.17, 15) is 9.59 Å². The maximum absolute atomic E-state index is 13.7. The highest BCUT2D eigenvalue weighted by molar-refractivity contribution is 5.96. The highest BCUT2D eigenvalue weighted by Crippen LogP contribution is 2.21. The fourth-order valence-corrected chi connectivity index (χ4v) is 4.75. The molecule has 0 aromatic heterocycles. The average molecular weight is 616 g/mol. The van der Waals surface area contributed by atoms with Gasteiger partial charge in [0, 0.05) is 12.1 Å². The number of esters is 1. The molecule has 0 aliphatic carbocycles. The molecular formula is C39H37NO6. The largest absolute Gasteiger partial charge is 0.489 e. The first-order valence-electron chi connectivity index (χ1n) is 15.2. The van der Waals surface area contributed by atoms with Crippen molar-refractivity contribution in [2.24, 2.45) is 0 Å². The normalized spacial score (nSPS) is 10.5. The number of carbonyl (C=O) groups excluding carboxylic acids is 2. The summed E-state index contributed by atoms with van der Waals surface area (Å²) < 4.78 is 23.1. The molecule has 7 heteroatoms. The minimum Gasteiger partial charge on any atom is -0.489 e. The van der Waals surface area contributed by atoms with Crippen LogP contribution in [0.5, 0.6) is 17.2 Å². The van der Waals surface area contributed by atoms with Crippen LogP contribution in [0, 0.1) is 0 Å². The van der Waals surface area contributed by atoms with E-state index in [0.29, 0.717) is 36.9 Å². The van der Waals surface area contributed by atoms with Gasteiger partial charge in [-0.2, -0.15) is 0 Å². The lowest BCUT2D eigenvalue weighted by Gasteiger charge is -2.22.